The third kappa shape index (κ3) is 2.70. The number of halogens is 2. The van der Waals surface area contributed by atoms with E-state index >= 15 is 0 Å². The van der Waals surface area contributed by atoms with Gasteiger partial charge in [0.1, 0.15) is 11.3 Å². The van der Waals surface area contributed by atoms with E-state index in [9.17, 15) is 0 Å². The average molecular weight is 365 g/mol. The summed E-state index contributed by atoms with van der Waals surface area (Å²) in [6.45, 7) is 4.13. The van der Waals surface area contributed by atoms with E-state index in [1.807, 2.05) is 31.2 Å². The average Bonchev–Trinajstić information content (AvgIpc) is 2.85. The van der Waals surface area contributed by atoms with Crippen molar-refractivity contribution in [3.63, 3.8) is 0 Å². The topological polar surface area (TPSA) is 30.7 Å². The molecule has 1 aromatic carbocycles. The van der Waals surface area contributed by atoms with Crippen molar-refractivity contribution in [2.24, 2.45) is 0 Å². The molecule has 108 valence electrons. The molecule has 0 aliphatic rings. The highest BCUT2D eigenvalue weighted by Gasteiger charge is 2.17. The number of rotatable bonds is 3. The number of nitrogens with zero attached hydrogens (tertiary/aromatic N) is 3. The van der Waals surface area contributed by atoms with Crippen molar-refractivity contribution >= 4 is 38.7 Å². The van der Waals surface area contributed by atoms with E-state index in [2.05, 4.69) is 49.5 Å². The molecule has 21 heavy (non-hydrogen) atoms. The Morgan fingerprint density at radius 2 is 1.86 bits per heavy atom. The van der Waals surface area contributed by atoms with Gasteiger partial charge in [-0.2, -0.15) is 0 Å². The Labute approximate surface area is 137 Å². The van der Waals surface area contributed by atoms with Crippen LogP contribution in [0.1, 0.15) is 30.0 Å². The van der Waals surface area contributed by atoms with Crippen LogP contribution in [0, 0.1) is 6.92 Å². The third-order valence-electron chi connectivity index (χ3n) is 3.61. The predicted octanol–water partition coefficient (Wildman–Crippen LogP) is 4.85. The first kappa shape index (κ1) is 14.5. The van der Waals surface area contributed by atoms with E-state index in [-0.39, 0.29) is 6.04 Å². The van der Waals surface area contributed by atoms with Crippen LogP contribution in [0.5, 0.6) is 0 Å². The lowest BCUT2D eigenvalue weighted by Crippen LogP contribution is -2.10. The van der Waals surface area contributed by atoms with Crippen LogP contribution in [0.4, 0.5) is 0 Å². The largest absolute Gasteiger partial charge is 0.304 e. The Hall–Kier alpha value is -1.39. The van der Waals surface area contributed by atoms with E-state index < -0.39 is 0 Å². The molecule has 3 rings (SSSR count). The SMILES string of the molecule is Cc1ccc2nc(CCl)n(C(C)c3ccc(Br)cc3)c2n1. The molecule has 0 aliphatic carbocycles. The van der Waals surface area contributed by atoms with Crippen molar-refractivity contribution in [1.82, 2.24) is 14.5 Å². The van der Waals surface area contributed by atoms with Gasteiger partial charge in [-0.1, -0.05) is 28.1 Å². The number of imidazole rings is 1. The van der Waals surface area contributed by atoms with E-state index in [0.717, 1.165) is 27.2 Å². The summed E-state index contributed by atoms with van der Waals surface area (Å²) >= 11 is 9.55. The first-order chi connectivity index (χ1) is 10.1. The molecule has 3 aromatic rings. The van der Waals surface area contributed by atoms with Gasteiger partial charge < -0.3 is 4.57 Å². The Bertz CT molecular complexity index is 780. The quantitative estimate of drug-likeness (QED) is 0.622. The number of alkyl halides is 1. The number of aromatic nitrogens is 3. The van der Waals surface area contributed by atoms with E-state index in [1.54, 1.807) is 0 Å². The Kier molecular flexibility index (Phi) is 4.00. The van der Waals surface area contributed by atoms with Gasteiger partial charge in [-0.05, 0) is 43.7 Å². The zero-order valence-corrected chi connectivity index (χ0v) is 14.2. The molecule has 3 nitrogen and oxygen atoms in total. The summed E-state index contributed by atoms with van der Waals surface area (Å²) in [7, 11) is 0. The van der Waals surface area contributed by atoms with Crippen LogP contribution < -0.4 is 0 Å². The summed E-state index contributed by atoms with van der Waals surface area (Å²) in [5.41, 5.74) is 3.96. The highest BCUT2D eigenvalue weighted by molar-refractivity contribution is 9.10. The molecule has 2 aromatic heterocycles. The molecular formula is C16H15BrClN3. The van der Waals surface area contributed by atoms with Gasteiger partial charge in [-0.25, -0.2) is 9.97 Å². The van der Waals surface area contributed by atoms with Gasteiger partial charge in [0.25, 0.3) is 0 Å². The molecule has 0 saturated carbocycles. The van der Waals surface area contributed by atoms with Crippen LogP contribution in [0.15, 0.2) is 40.9 Å². The fourth-order valence-electron chi connectivity index (χ4n) is 2.51. The van der Waals surface area contributed by atoms with Gasteiger partial charge in [0.2, 0.25) is 0 Å². The van der Waals surface area contributed by atoms with Crippen molar-refractivity contribution in [3.8, 4) is 0 Å². The van der Waals surface area contributed by atoms with E-state index in [0.29, 0.717) is 5.88 Å². The number of hydrogen-bond donors (Lipinski definition) is 0. The van der Waals surface area contributed by atoms with Crippen LogP contribution in [-0.4, -0.2) is 14.5 Å². The number of fused-ring (bicyclic) bond motifs is 1. The minimum absolute atomic E-state index is 0.131. The summed E-state index contributed by atoms with van der Waals surface area (Å²) in [5, 5.41) is 0. The van der Waals surface area contributed by atoms with Crippen LogP contribution in [-0.2, 0) is 5.88 Å². The number of pyridine rings is 1. The number of benzene rings is 1. The number of hydrogen-bond acceptors (Lipinski definition) is 2. The molecule has 0 amide bonds. The van der Waals surface area contributed by atoms with Crippen molar-refractivity contribution in [3.05, 3.63) is 58.0 Å². The van der Waals surface area contributed by atoms with Gasteiger partial charge in [0.05, 0.1) is 11.9 Å². The second-order valence-electron chi connectivity index (χ2n) is 5.05. The monoisotopic (exact) mass is 363 g/mol. The van der Waals surface area contributed by atoms with Crippen LogP contribution in [0.25, 0.3) is 11.2 Å². The minimum atomic E-state index is 0.131. The molecule has 1 atom stereocenters. The van der Waals surface area contributed by atoms with Gasteiger partial charge >= 0.3 is 0 Å². The second kappa shape index (κ2) is 5.78. The summed E-state index contributed by atoms with van der Waals surface area (Å²) in [5.74, 6) is 1.22. The molecule has 1 unspecified atom stereocenters. The maximum atomic E-state index is 6.08. The van der Waals surface area contributed by atoms with Crippen molar-refractivity contribution < 1.29 is 0 Å². The molecule has 0 bridgehead atoms. The minimum Gasteiger partial charge on any atom is -0.304 e. The summed E-state index contributed by atoms with van der Waals surface area (Å²) in [6.07, 6.45) is 0. The van der Waals surface area contributed by atoms with E-state index in [1.165, 1.54) is 5.56 Å². The second-order valence-corrected chi connectivity index (χ2v) is 6.24. The highest BCUT2D eigenvalue weighted by Crippen LogP contribution is 2.27. The molecule has 0 saturated heterocycles. The summed E-state index contributed by atoms with van der Waals surface area (Å²) in [4.78, 5) is 9.24. The summed E-state index contributed by atoms with van der Waals surface area (Å²) < 4.78 is 3.19. The van der Waals surface area contributed by atoms with Gasteiger partial charge in [0, 0.05) is 10.2 Å². The predicted molar refractivity (Wildman–Crippen MR) is 89.8 cm³/mol. The Morgan fingerprint density at radius 1 is 1.14 bits per heavy atom. The lowest BCUT2D eigenvalue weighted by molar-refractivity contribution is 0.628. The molecule has 2 heterocycles. The van der Waals surface area contributed by atoms with Gasteiger partial charge in [-0.15, -0.1) is 11.6 Å². The fourth-order valence-corrected chi connectivity index (χ4v) is 2.96. The van der Waals surface area contributed by atoms with Crippen LogP contribution in [0.3, 0.4) is 0 Å². The standard InChI is InChI=1S/C16H15BrClN3/c1-10-3-8-14-16(19-10)21(15(9-18)20-14)11(2)12-4-6-13(17)7-5-12/h3-8,11H,9H2,1-2H3. The highest BCUT2D eigenvalue weighted by atomic mass is 79.9. The lowest BCUT2D eigenvalue weighted by atomic mass is 10.1. The molecule has 0 radical (unpaired) electrons. The van der Waals surface area contributed by atoms with Gasteiger partial charge in [0.15, 0.2) is 5.65 Å². The molecule has 5 heteroatoms. The first-order valence-corrected chi connectivity index (χ1v) is 8.09. The Balaban J connectivity index is 2.17. The Morgan fingerprint density at radius 3 is 2.52 bits per heavy atom. The lowest BCUT2D eigenvalue weighted by Gasteiger charge is -2.17. The van der Waals surface area contributed by atoms with E-state index in [4.69, 9.17) is 11.6 Å². The molecule has 0 aliphatic heterocycles. The van der Waals surface area contributed by atoms with Crippen LogP contribution in [0.2, 0.25) is 0 Å². The van der Waals surface area contributed by atoms with Crippen molar-refractivity contribution in [2.75, 3.05) is 0 Å². The smallest absolute Gasteiger partial charge is 0.160 e. The maximum Gasteiger partial charge on any atom is 0.160 e. The number of aryl methyl sites for hydroxylation is 1. The van der Waals surface area contributed by atoms with Crippen molar-refractivity contribution in [1.29, 1.82) is 0 Å². The molecular weight excluding hydrogens is 350 g/mol. The van der Waals surface area contributed by atoms with Crippen LogP contribution >= 0.6 is 27.5 Å². The third-order valence-corrected chi connectivity index (χ3v) is 4.38. The van der Waals surface area contributed by atoms with Gasteiger partial charge in [-0.3, -0.25) is 0 Å². The summed E-state index contributed by atoms with van der Waals surface area (Å²) in [6, 6.07) is 12.4. The normalized spacial score (nSPS) is 12.8. The zero-order valence-electron chi connectivity index (χ0n) is 11.8. The molecule has 0 spiro atoms. The first-order valence-electron chi connectivity index (χ1n) is 6.76. The molecule has 0 fully saturated rings. The fraction of sp³-hybridized carbons (Fsp3) is 0.250. The maximum absolute atomic E-state index is 6.08. The zero-order chi connectivity index (χ0) is 15.0. The van der Waals surface area contributed by atoms with Crippen molar-refractivity contribution in [2.45, 2.75) is 25.8 Å². The molecule has 0 N–H and O–H groups in total.